The maximum Gasteiger partial charge on any atom is 0.154 e. The Labute approximate surface area is 106 Å². The maximum absolute atomic E-state index is 11.9. The molecule has 1 atom stereocenters. The summed E-state index contributed by atoms with van der Waals surface area (Å²) >= 11 is 0. The van der Waals surface area contributed by atoms with Gasteiger partial charge in [0.15, 0.2) is 9.84 Å². The third-order valence-electron chi connectivity index (χ3n) is 4.00. The van der Waals surface area contributed by atoms with Gasteiger partial charge in [-0.1, -0.05) is 19.8 Å². The highest BCUT2D eigenvalue weighted by molar-refractivity contribution is 7.92. The van der Waals surface area contributed by atoms with Crippen molar-refractivity contribution in [3.63, 3.8) is 0 Å². The molecule has 3 nitrogen and oxygen atoms in total. The van der Waals surface area contributed by atoms with Crippen LogP contribution in [0.2, 0.25) is 0 Å². The normalized spacial score (nSPS) is 19.3. The first kappa shape index (κ1) is 15.0. The van der Waals surface area contributed by atoms with Gasteiger partial charge in [-0.05, 0) is 45.6 Å². The Kier molecular flexibility index (Phi) is 5.02. The van der Waals surface area contributed by atoms with E-state index in [0.717, 1.165) is 25.3 Å². The van der Waals surface area contributed by atoms with Crippen LogP contribution >= 0.6 is 0 Å². The van der Waals surface area contributed by atoms with Crippen LogP contribution in [0.4, 0.5) is 0 Å². The van der Waals surface area contributed by atoms with Gasteiger partial charge < -0.3 is 5.32 Å². The summed E-state index contributed by atoms with van der Waals surface area (Å²) in [5.41, 5.74) is 0. The largest absolute Gasteiger partial charge is 0.312 e. The highest BCUT2D eigenvalue weighted by Crippen LogP contribution is 2.35. The summed E-state index contributed by atoms with van der Waals surface area (Å²) in [4.78, 5) is 0. The summed E-state index contributed by atoms with van der Waals surface area (Å²) in [5.74, 6) is 0.858. The van der Waals surface area contributed by atoms with Crippen molar-refractivity contribution in [1.82, 2.24) is 5.32 Å². The number of rotatable bonds is 8. The zero-order chi connectivity index (χ0) is 13.1. The highest BCUT2D eigenvalue weighted by Gasteiger charge is 2.39. The lowest BCUT2D eigenvalue weighted by atomic mass is 9.96. The molecule has 4 heteroatoms. The van der Waals surface area contributed by atoms with Crippen molar-refractivity contribution >= 4 is 9.84 Å². The SMILES string of the molecule is CCCNC(CCC1CC1)C(C)(C)S(C)(=O)=O. The quantitative estimate of drug-likeness (QED) is 0.729. The van der Waals surface area contributed by atoms with Crippen LogP contribution in [0.3, 0.4) is 0 Å². The third-order valence-corrected chi connectivity index (χ3v) is 6.19. The molecule has 102 valence electrons. The molecule has 0 saturated heterocycles. The number of hydrogen-bond acceptors (Lipinski definition) is 3. The average molecular weight is 261 g/mol. The third kappa shape index (κ3) is 4.25. The molecule has 0 amide bonds. The van der Waals surface area contributed by atoms with Gasteiger partial charge in [0.25, 0.3) is 0 Å². The zero-order valence-corrected chi connectivity index (χ0v) is 12.4. The summed E-state index contributed by atoms with van der Waals surface area (Å²) < 4.78 is 23.1. The molecule has 0 aromatic heterocycles. The molecular formula is C13H27NO2S. The number of hydrogen-bond donors (Lipinski definition) is 1. The first-order chi connectivity index (χ1) is 7.79. The molecule has 1 fully saturated rings. The minimum Gasteiger partial charge on any atom is -0.312 e. The van der Waals surface area contributed by atoms with E-state index in [4.69, 9.17) is 0 Å². The minimum absolute atomic E-state index is 0.0815. The molecule has 0 bridgehead atoms. The molecule has 1 unspecified atom stereocenters. The van der Waals surface area contributed by atoms with Crippen molar-refractivity contribution in [1.29, 1.82) is 0 Å². The Morgan fingerprint density at radius 3 is 2.35 bits per heavy atom. The number of sulfone groups is 1. The van der Waals surface area contributed by atoms with Crippen LogP contribution in [0.15, 0.2) is 0 Å². The Bertz CT molecular complexity index is 331. The molecule has 17 heavy (non-hydrogen) atoms. The van der Waals surface area contributed by atoms with Crippen LogP contribution in [0, 0.1) is 5.92 Å². The fraction of sp³-hybridized carbons (Fsp3) is 1.00. The second kappa shape index (κ2) is 5.70. The van der Waals surface area contributed by atoms with E-state index in [1.54, 1.807) is 0 Å². The predicted molar refractivity (Wildman–Crippen MR) is 73.0 cm³/mol. The van der Waals surface area contributed by atoms with Gasteiger partial charge in [0.2, 0.25) is 0 Å². The molecule has 1 aliphatic carbocycles. The van der Waals surface area contributed by atoms with E-state index < -0.39 is 14.6 Å². The van der Waals surface area contributed by atoms with Crippen LogP contribution in [0.1, 0.15) is 52.9 Å². The molecule has 1 saturated carbocycles. The second-order valence-electron chi connectivity index (χ2n) is 5.90. The average Bonchev–Trinajstić information content (AvgIpc) is 2.99. The van der Waals surface area contributed by atoms with Crippen molar-refractivity contribution < 1.29 is 8.42 Å². The Morgan fingerprint density at radius 1 is 1.35 bits per heavy atom. The van der Waals surface area contributed by atoms with Gasteiger partial charge in [-0.25, -0.2) is 8.42 Å². The monoisotopic (exact) mass is 261 g/mol. The van der Waals surface area contributed by atoms with Crippen LogP contribution in [-0.4, -0.2) is 32.0 Å². The van der Waals surface area contributed by atoms with E-state index in [1.807, 2.05) is 13.8 Å². The zero-order valence-electron chi connectivity index (χ0n) is 11.6. The summed E-state index contributed by atoms with van der Waals surface area (Å²) in [6.07, 6.45) is 7.20. The topological polar surface area (TPSA) is 46.2 Å². The van der Waals surface area contributed by atoms with Gasteiger partial charge in [0, 0.05) is 12.3 Å². The lowest BCUT2D eigenvalue weighted by Crippen LogP contribution is -2.51. The Balaban J connectivity index is 2.64. The second-order valence-corrected chi connectivity index (χ2v) is 8.50. The fourth-order valence-electron chi connectivity index (χ4n) is 2.08. The van der Waals surface area contributed by atoms with Crippen molar-refractivity contribution in [2.45, 2.75) is 63.7 Å². The predicted octanol–water partition coefficient (Wildman–Crippen LogP) is 2.37. The highest BCUT2D eigenvalue weighted by atomic mass is 32.2. The molecule has 1 aliphatic rings. The summed E-state index contributed by atoms with van der Waals surface area (Å²) in [7, 11) is -3.02. The van der Waals surface area contributed by atoms with Gasteiger partial charge >= 0.3 is 0 Å². The first-order valence-electron chi connectivity index (χ1n) is 6.72. The van der Waals surface area contributed by atoms with Crippen molar-refractivity contribution in [2.75, 3.05) is 12.8 Å². The Morgan fingerprint density at radius 2 is 1.94 bits per heavy atom. The van der Waals surface area contributed by atoms with E-state index >= 15 is 0 Å². The molecule has 0 aliphatic heterocycles. The number of nitrogens with one attached hydrogen (secondary N) is 1. The van der Waals surface area contributed by atoms with Crippen LogP contribution < -0.4 is 5.32 Å². The molecule has 1 rings (SSSR count). The first-order valence-corrected chi connectivity index (χ1v) is 8.61. The van der Waals surface area contributed by atoms with E-state index in [2.05, 4.69) is 12.2 Å². The van der Waals surface area contributed by atoms with Gasteiger partial charge in [0.05, 0.1) is 4.75 Å². The molecule has 0 aromatic carbocycles. The maximum atomic E-state index is 11.9. The lowest BCUT2D eigenvalue weighted by molar-refractivity contribution is 0.374. The van der Waals surface area contributed by atoms with Crippen molar-refractivity contribution in [3.8, 4) is 0 Å². The van der Waals surface area contributed by atoms with Crippen LogP contribution in [0.5, 0.6) is 0 Å². The molecule has 0 aromatic rings. The van der Waals surface area contributed by atoms with Gasteiger partial charge in [-0.3, -0.25) is 0 Å². The molecule has 0 radical (unpaired) electrons. The molecule has 0 spiro atoms. The van der Waals surface area contributed by atoms with E-state index in [1.165, 1.54) is 25.5 Å². The van der Waals surface area contributed by atoms with Gasteiger partial charge in [-0.2, -0.15) is 0 Å². The summed E-state index contributed by atoms with van der Waals surface area (Å²) in [6, 6.07) is 0.0815. The van der Waals surface area contributed by atoms with Crippen LogP contribution in [-0.2, 0) is 9.84 Å². The standard InChI is InChI=1S/C13H27NO2S/c1-5-10-14-12(9-8-11-6-7-11)13(2,3)17(4,15)16/h11-12,14H,5-10H2,1-4H3. The summed E-state index contributed by atoms with van der Waals surface area (Å²) in [6.45, 7) is 6.71. The lowest BCUT2D eigenvalue weighted by Gasteiger charge is -2.33. The van der Waals surface area contributed by atoms with E-state index in [9.17, 15) is 8.42 Å². The van der Waals surface area contributed by atoms with Crippen molar-refractivity contribution in [2.24, 2.45) is 5.92 Å². The van der Waals surface area contributed by atoms with E-state index in [0.29, 0.717) is 0 Å². The smallest absolute Gasteiger partial charge is 0.154 e. The fourth-order valence-corrected chi connectivity index (χ4v) is 2.80. The van der Waals surface area contributed by atoms with Gasteiger partial charge in [-0.15, -0.1) is 0 Å². The molecular weight excluding hydrogens is 234 g/mol. The Hall–Kier alpha value is -0.0900. The van der Waals surface area contributed by atoms with Crippen molar-refractivity contribution in [3.05, 3.63) is 0 Å². The molecule has 0 heterocycles. The van der Waals surface area contributed by atoms with Crippen LogP contribution in [0.25, 0.3) is 0 Å². The van der Waals surface area contributed by atoms with Gasteiger partial charge in [0.1, 0.15) is 0 Å². The van der Waals surface area contributed by atoms with E-state index in [-0.39, 0.29) is 6.04 Å². The minimum atomic E-state index is -3.02. The summed E-state index contributed by atoms with van der Waals surface area (Å²) in [5, 5.41) is 3.42. The molecule has 1 N–H and O–H groups in total.